The monoisotopic (exact) mass is 517 g/mol. The number of imide groups is 1. The highest BCUT2D eigenvalue weighted by Gasteiger charge is 2.43. The number of hydroxylamine groups is 2. The number of aliphatic hydroxyl groups excluding tert-OH is 1. The van der Waals surface area contributed by atoms with Gasteiger partial charge in [0, 0.05) is 19.8 Å². The zero-order valence-corrected chi connectivity index (χ0v) is 21.1. The van der Waals surface area contributed by atoms with Gasteiger partial charge in [0.05, 0.1) is 6.42 Å². The summed E-state index contributed by atoms with van der Waals surface area (Å²) in [7, 11) is 0. The average Bonchev–Trinajstić information content (AvgIpc) is 3.00. The van der Waals surface area contributed by atoms with Crippen molar-refractivity contribution in [1.82, 2.24) is 5.06 Å². The van der Waals surface area contributed by atoms with Crippen LogP contribution in [0.4, 0.5) is 0 Å². The molecule has 1 aliphatic heterocycles. The van der Waals surface area contributed by atoms with Crippen molar-refractivity contribution >= 4 is 41.7 Å². The molecule has 0 radical (unpaired) electrons. The Hall–Kier alpha value is -3.55. The first kappa shape index (κ1) is 30.5. The van der Waals surface area contributed by atoms with E-state index >= 15 is 0 Å². The molecule has 0 unspecified atom stereocenters. The number of esters is 4. The van der Waals surface area contributed by atoms with Crippen LogP contribution in [0, 0.1) is 0 Å². The second kappa shape index (κ2) is 11.9. The van der Waals surface area contributed by atoms with Gasteiger partial charge in [-0.1, -0.05) is 0 Å². The molecule has 1 aliphatic rings. The molecule has 0 aliphatic carbocycles. The van der Waals surface area contributed by atoms with Crippen LogP contribution in [-0.4, -0.2) is 81.3 Å². The van der Waals surface area contributed by atoms with Gasteiger partial charge in [-0.05, 0) is 41.5 Å². The van der Waals surface area contributed by atoms with Crippen molar-refractivity contribution in [2.45, 2.75) is 97.2 Å². The zero-order valence-electron chi connectivity index (χ0n) is 21.1. The third kappa shape index (κ3) is 9.98. The number of amides is 2. The van der Waals surface area contributed by atoms with Crippen LogP contribution >= 0.6 is 0 Å². The molecule has 0 saturated carbocycles. The summed E-state index contributed by atoms with van der Waals surface area (Å²) in [6.45, 7) is 10.1. The highest BCUT2D eigenvalue weighted by Crippen LogP contribution is 2.18. The molecule has 2 amide bonds. The molecule has 14 heteroatoms. The Kier molecular flexibility index (Phi) is 10.1. The van der Waals surface area contributed by atoms with Gasteiger partial charge in [0.2, 0.25) is 12.2 Å². The van der Waals surface area contributed by atoms with Crippen LogP contribution in [0.15, 0.2) is 0 Å². The molecular weight excluding hydrogens is 486 g/mol. The van der Waals surface area contributed by atoms with E-state index in [1.54, 1.807) is 20.8 Å². The Bertz CT molecular complexity index is 896. The minimum absolute atomic E-state index is 0.114. The van der Waals surface area contributed by atoms with E-state index in [1.165, 1.54) is 20.8 Å². The lowest BCUT2D eigenvalue weighted by atomic mass is 10.1. The van der Waals surface area contributed by atoms with Crippen LogP contribution in [0.1, 0.15) is 67.7 Å². The van der Waals surface area contributed by atoms with Crippen LogP contribution in [0.2, 0.25) is 0 Å². The molecule has 3 atom stereocenters. The molecule has 1 saturated heterocycles. The molecule has 202 valence electrons. The van der Waals surface area contributed by atoms with Crippen LogP contribution in [0.25, 0.3) is 0 Å². The van der Waals surface area contributed by atoms with Gasteiger partial charge in [-0.15, -0.1) is 5.06 Å². The number of carbonyl (C=O) groups excluding carboxylic acids is 7. The van der Waals surface area contributed by atoms with Crippen molar-refractivity contribution in [1.29, 1.82) is 0 Å². The molecule has 1 fully saturated rings. The summed E-state index contributed by atoms with van der Waals surface area (Å²) in [6.07, 6.45) is -8.13. The summed E-state index contributed by atoms with van der Waals surface area (Å²) < 4.78 is 19.8. The van der Waals surface area contributed by atoms with Crippen molar-refractivity contribution in [2.75, 3.05) is 0 Å². The quantitative estimate of drug-likeness (QED) is 0.242. The predicted octanol–water partition coefficient (Wildman–Crippen LogP) is -0.128. The molecular formula is C22H31NO13. The zero-order chi connectivity index (χ0) is 28.0. The van der Waals surface area contributed by atoms with E-state index in [0.717, 1.165) is 6.92 Å². The number of rotatable bonds is 9. The van der Waals surface area contributed by atoms with Crippen LogP contribution in [-0.2, 0) is 57.3 Å². The standard InChI is InChI=1S/C22H31NO13/c1-11(24)32-17(20(31)36-23-13(25)8-9-14(23)26)16(28)19(30)33-12(18(29)35-22(5,6)7)10-15(27)34-21(2,3)4/h12,16-17,28H,8-10H2,1-7H3/t12-,16+,17+/m0/s1. The SMILES string of the molecule is CC(=O)O[C@@H](C(=O)ON1C(=O)CCC1=O)[C@@H](O)C(=O)O[C@@H](CC(=O)OC(C)(C)C)C(=O)OC(C)(C)C. The van der Waals surface area contributed by atoms with Gasteiger partial charge in [0.1, 0.15) is 11.2 Å². The fourth-order valence-electron chi connectivity index (χ4n) is 2.63. The minimum atomic E-state index is -2.57. The highest BCUT2D eigenvalue weighted by molar-refractivity contribution is 6.02. The summed E-state index contributed by atoms with van der Waals surface area (Å²) in [5, 5.41) is 10.5. The lowest BCUT2D eigenvalue weighted by molar-refractivity contribution is -0.212. The molecule has 14 nitrogen and oxygen atoms in total. The second-order valence-corrected chi connectivity index (χ2v) is 9.72. The van der Waals surface area contributed by atoms with Gasteiger partial charge >= 0.3 is 29.8 Å². The second-order valence-electron chi connectivity index (χ2n) is 9.72. The molecule has 0 aromatic rings. The van der Waals surface area contributed by atoms with Crippen molar-refractivity contribution in [3.05, 3.63) is 0 Å². The summed E-state index contributed by atoms with van der Waals surface area (Å²) >= 11 is 0. The lowest BCUT2D eigenvalue weighted by Gasteiger charge is -2.26. The third-order valence-corrected chi connectivity index (χ3v) is 3.94. The fourth-order valence-corrected chi connectivity index (χ4v) is 2.63. The summed E-state index contributed by atoms with van der Waals surface area (Å²) in [5.41, 5.74) is -1.99. The molecule has 0 bridgehead atoms. The van der Waals surface area contributed by atoms with E-state index in [-0.39, 0.29) is 17.9 Å². The molecule has 1 N–H and O–H groups in total. The fraction of sp³-hybridized carbons (Fsp3) is 0.682. The van der Waals surface area contributed by atoms with Crippen molar-refractivity contribution in [3.8, 4) is 0 Å². The molecule has 0 aromatic carbocycles. The summed E-state index contributed by atoms with van der Waals surface area (Å²) in [5.74, 6) is -8.28. The first-order valence-electron chi connectivity index (χ1n) is 10.9. The van der Waals surface area contributed by atoms with Gasteiger partial charge in [0.15, 0.2) is 6.10 Å². The summed E-state index contributed by atoms with van der Waals surface area (Å²) in [6, 6.07) is 0. The first-order valence-corrected chi connectivity index (χ1v) is 10.9. The largest absolute Gasteiger partial charge is 0.460 e. The van der Waals surface area contributed by atoms with E-state index in [1.807, 2.05) is 0 Å². The molecule has 1 heterocycles. The van der Waals surface area contributed by atoms with E-state index in [2.05, 4.69) is 9.57 Å². The Morgan fingerprint density at radius 3 is 1.78 bits per heavy atom. The molecule has 36 heavy (non-hydrogen) atoms. The maximum Gasteiger partial charge on any atom is 0.376 e. The van der Waals surface area contributed by atoms with Crippen molar-refractivity contribution in [3.63, 3.8) is 0 Å². The number of hydrogen-bond acceptors (Lipinski definition) is 13. The Balaban J connectivity index is 3.09. The Morgan fingerprint density at radius 2 is 1.33 bits per heavy atom. The average molecular weight is 517 g/mol. The van der Waals surface area contributed by atoms with E-state index in [9.17, 15) is 38.7 Å². The minimum Gasteiger partial charge on any atom is -0.460 e. The maximum atomic E-state index is 12.6. The van der Waals surface area contributed by atoms with Gasteiger partial charge in [-0.3, -0.25) is 19.2 Å². The molecule has 0 spiro atoms. The normalized spacial score (nSPS) is 16.5. The smallest absolute Gasteiger partial charge is 0.376 e. The lowest BCUT2D eigenvalue weighted by Crippen LogP contribution is -2.49. The van der Waals surface area contributed by atoms with Gasteiger partial charge < -0.3 is 28.9 Å². The van der Waals surface area contributed by atoms with E-state index < -0.39 is 77.6 Å². The highest BCUT2D eigenvalue weighted by atomic mass is 16.7. The first-order chi connectivity index (χ1) is 16.3. The Morgan fingerprint density at radius 1 is 0.833 bits per heavy atom. The number of aliphatic hydroxyl groups is 1. The van der Waals surface area contributed by atoms with Gasteiger partial charge in [0.25, 0.3) is 11.8 Å². The molecule has 1 rings (SSSR count). The van der Waals surface area contributed by atoms with Gasteiger partial charge in [-0.2, -0.15) is 0 Å². The number of nitrogens with zero attached hydrogens (tertiary/aromatic N) is 1. The number of carbonyl (C=O) groups is 7. The van der Waals surface area contributed by atoms with Crippen LogP contribution in [0.3, 0.4) is 0 Å². The number of ether oxygens (including phenoxy) is 4. The third-order valence-electron chi connectivity index (χ3n) is 3.94. The van der Waals surface area contributed by atoms with E-state index in [0.29, 0.717) is 0 Å². The molecule has 0 aromatic heterocycles. The predicted molar refractivity (Wildman–Crippen MR) is 115 cm³/mol. The Labute approximate surface area is 207 Å². The number of hydrogen-bond donors (Lipinski definition) is 1. The maximum absolute atomic E-state index is 12.6. The summed E-state index contributed by atoms with van der Waals surface area (Å²) in [4.78, 5) is 89.2. The van der Waals surface area contributed by atoms with Crippen molar-refractivity contribution in [2.24, 2.45) is 0 Å². The van der Waals surface area contributed by atoms with Gasteiger partial charge in [-0.25, -0.2) is 14.4 Å². The van der Waals surface area contributed by atoms with Crippen molar-refractivity contribution < 1.29 is 62.5 Å². The van der Waals surface area contributed by atoms with Crippen LogP contribution < -0.4 is 0 Å². The van der Waals surface area contributed by atoms with Crippen LogP contribution in [0.5, 0.6) is 0 Å². The van der Waals surface area contributed by atoms with E-state index in [4.69, 9.17) is 14.2 Å². The topological polar surface area (TPSA) is 189 Å².